The zero-order chi connectivity index (χ0) is 13.1. The van der Waals surface area contributed by atoms with E-state index < -0.39 is 11.6 Å². The van der Waals surface area contributed by atoms with E-state index in [-0.39, 0.29) is 0 Å². The van der Waals surface area contributed by atoms with Crippen LogP contribution in [0, 0.1) is 6.92 Å². The Morgan fingerprint density at radius 2 is 1.56 bits per heavy atom. The average Bonchev–Trinajstić information content (AvgIpc) is 2.38. The number of aryl methyl sites for hydroxylation is 1. The largest absolute Gasteiger partial charge is 0.291 e. The second-order valence-electron chi connectivity index (χ2n) is 4.33. The van der Waals surface area contributed by atoms with Crippen molar-refractivity contribution in [2.75, 3.05) is 0 Å². The van der Waals surface area contributed by atoms with E-state index in [4.69, 9.17) is 0 Å². The third kappa shape index (κ3) is 2.54. The summed E-state index contributed by atoms with van der Waals surface area (Å²) < 4.78 is 0. The second-order valence-corrected chi connectivity index (χ2v) is 4.33. The first-order chi connectivity index (χ1) is 8.58. The highest BCUT2D eigenvalue weighted by Gasteiger charge is 2.10. The topological polar surface area (TPSA) is 34.1 Å². The number of Topliss-reactive ketones (excluding diaryl/α,β-unsaturated/α-hetero) is 2. The summed E-state index contributed by atoms with van der Waals surface area (Å²) in [5.41, 5.74) is 3.78. The first-order valence-corrected chi connectivity index (χ1v) is 5.80. The Bertz CT molecular complexity index is 595. The van der Waals surface area contributed by atoms with Gasteiger partial charge in [0.2, 0.25) is 5.78 Å². The molecule has 0 amide bonds. The fourth-order valence-corrected chi connectivity index (χ4v) is 1.84. The van der Waals surface area contributed by atoms with E-state index in [2.05, 4.69) is 6.07 Å². The van der Waals surface area contributed by atoms with Gasteiger partial charge in [0.25, 0.3) is 0 Å². The van der Waals surface area contributed by atoms with Gasteiger partial charge in [0.1, 0.15) is 0 Å². The lowest BCUT2D eigenvalue weighted by molar-refractivity contribution is -0.113. The molecule has 0 fully saturated rings. The van der Waals surface area contributed by atoms with Gasteiger partial charge in [-0.2, -0.15) is 0 Å². The summed E-state index contributed by atoms with van der Waals surface area (Å²) in [5.74, 6) is -0.871. The minimum Gasteiger partial charge on any atom is -0.291 e. The minimum absolute atomic E-state index is 0.432. The lowest BCUT2D eigenvalue weighted by atomic mass is 10.0. The third-order valence-corrected chi connectivity index (χ3v) is 2.82. The molecule has 0 spiro atoms. The normalized spacial score (nSPS) is 10.1. The molecule has 2 heteroatoms. The predicted octanol–water partition coefficient (Wildman–Crippen LogP) is 3.43. The van der Waals surface area contributed by atoms with Crippen molar-refractivity contribution in [3.05, 3.63) is 59.7 Å². The first-order valence-electron chi connectivity index (χ1n) is 5.80. The Hall–Kier alpha value is -2.22. The molecule has 90 valence electrons. The van der Waals surface area contributed by atoms with E-state index in [0.29, 0.717) is 5.56 Å². The smallest absolute Gasteiger partial charge is 0.228 e. The van der Waals surface area contributed by atoms with Crippen molar-refractivity contribution in [2.24, 2.45) is 0 Å². The van der Waals surface area contributed by atoms with E-state index >= 15 is 0 Å². The van der Waals surface area contributed by atoms with Crippen LogP contribution < -0.4 is 0 Å². The van der Waals surface area contributed by atoms with Crippen molar-refractivity contribution in [1.82, 2.24) is 0 Å². The van der Waals surface area contributed by atoms with Crippen LogP contribution in [0.4, 0.5) is 0 Å². The molecule has 18 heavy (non-hydrogen) atoms. The number of benzene rings is 2. The number of hydrogen-bond donors (Lipinski definition) is 0. The Labute approximate surface area is 106 Å². The van der Waals surface area contributed by atoms with E-state index in [1.165, 1.54) is 12.5 Å². The van der Waals surface area contributed by atoms with Gasteiger partial charge in [-0.15, -0.1) is 0 Å². The van der Waals surface area contributed by atoms with Crippen LogP contribution >= 0.6 is 0 Å². The number of carbonyl (C=O) groups is 2. The highest BCUT2D eigenvalue weighted by molar-refractivity contribution is 6.42. The zero-order valence-electron chi connectivity index (χ0n) is 10.4. The molecule has 0 aliphatic carbocycles. The van der Waals surface area contributed by atoms with Crippen molar-refractivity contribution in [2.45, 2.75) is 13.8 Å². The lowest BCUT2D eigenvalue weighted by Gasteiger charge is -2.04. The minimum atomic E-state index is -0.439. The van der Waals surface area contributed by atoms with Crippen LogP contribution in [-0.2, 0) is 4.79 Å². The Kier molecular flexibility index (Phi) is 3.38. The molecule has 0 saturated heterocycles. The molecule has 2 rings (SSSR count). The molecule has 0 aliphatic heterocycles. The Morgan fingerprint density at radius 1 is 0.889 bits per heavy atom. The van der Waals surface area contributed by atoms with Gasteiger partial charge < -0.3 is 0 Å². The number of carbonyl (C=O) groups excluding carboxylic acids is 2. The van der Waals surface area contributed by atoms with Crippen LogP contribution in [0.3, 0.4) is 0 Å². The molecule has 0 atom stereocenters. The molecule has 0 bridgehead atoms. The standard InChI is InChI=1S/C16H14O2/c1-11-4-3-5-15(10-11)13-6-8-14(9-7-13)16(18)12(2)17/h3-10H,1-2H3. The summed E-state index contributed by atoms with van der Waals surface area (Å²) in [5, 5.41) is 0. The summed E-state index contributed by atoms with van der Waals surface area (Å²) >= 11 is 0. The van der Waals surface area contributed by atoms with Gasteiger partial charge in [0.05, 0.1) is 0 Å². The van der Waals surface area contributed by atoms with Gasteiger partial charge in [0, 0.05) is 12.5 Å². The van der Waals surface area contributed by atoms with Crippen LogP contribution in [0.5, 0.6) is 0 Å². The van der Waals surface area contributed by atoms with Crippen LogP contribution in [0.2, 0.25) is 0 Å². The van der Waals surface area contributed by atoms with Gasteiger partial charge >= 0.3 is 0 Å². The van der Waals surface area contributed by atoms with Crippen LogP contribution in [-0.4, -0.2) is 11.6 Å². The predicted molar refractivity (Wildman–Crippen MR) is 71.6 cm³/mol. The van der Waals surface area contributed by atoms with E-state index in [9.17, 15) is 9.59 Å². The zero-order valence-corrected chi connectivity index (χ0v) is 10.4. The second kappa shape index (κ2) is 4.96. The van der Waals surface area contributed by atoms with Crippen LogP contribution in [0.25, 0.3) is 11.1 Å². The van der Waals surface area contributed by atoms with Gasteiger partial charge in [0.15, 0.2) is 5.78 Å². The van der Waals surface area contributed by atoms with Crippen molar-refractivity contribution < 1.29 is 9.59 Å². The Morgan fingerprint density at radius 3 is 2.11 bits per heavy atom. The van der Waals surface area contributed by atoms with Crippen molar-refractivity contribution in [3.8, 4) is 11.1 Å². The Balaban J connectivity index is 2.33. The number of hydrogen-bond acceptors (Lipinski definition) is 2. The number of ketones is 2. The maximum absolute atomic E-state index is 11.5. The number of rotatable bonds is 3. The SMILES string of the molecule is CC(=O)C(=O)c1ccc(-c2cccc(C)c2)cc1. The molecule has 0 unspecified atom stereocenters. The van der Waals surface area contributed by atoms with Crippen molar-refractivity contribution >= 4 is 11.6 Å². The summed E-state index contributed by atoms with van der Waals surface area (Å²) in [4.78, 5) is 22.5. The molecular formula is C16H14O2. The quantitative estimate of drug-likeness (QED) is 0.606. The molecule has 0 aliphatic rings. The lowest BCUT2D eigenvalue weighted by Crippen LogP contribution is -2.09. The summed E-state index contributed by atoms with van der Waals surface area (Å²) in [7, 11) is 0. The van der Waals surface area contributed by atoms with Gasteiger partial charge in [-0.05, 0) is 18.1 Å². The molecule has 0 radical (unpaired) electrons. The highest BCUT2D eigenvalue weighted by Crippen LogP contribution is 2.20. The third-order valence-electron chi connectivity index (χ3n) is 2.82. The van der Waals surface area contributed by atoms with Crippen LogP contribution in [0.15, 0.2) is 48.5 Å². The van der Waals surface area contributed by atoms with Crippen molar-refractivity contribution in [3.63, 3.8) is 0 Å². The fraction of sp³-hybridized carbons (Fsp3) is 0.125. The monoisotopic (exact) mass is 238 g/mol. The fourth-order valence-electron chi connectivity index (χ4n) is 1.84. The van der Waals surface area contributed by atoms with Gasteiger partial charge in [-0.25, -0.2) is 0 Å². The molecule has 0 saturated carbocycles. The molecule has 2 aromatic carbocycles. The van der Waals surface area contributed by atoms with Crippen molar-refractivity contribution in [1.29, 1.82) is 0 Å². The molecule has 0 heterocycles. The summed E-state index contributed by atoms with van der Waals surface area (Å²) in [6.07, 6.45) is 0. The molecule has 2 nitrogen and oxygen atoms in total. The van der Waals surface area contributed by atoms with E-state index in [1.807, 2.05) is 37.3 Å². The average molecular weight is 238 g/mol. The van der Waals surface area contributed by atoms with E-state index in [1.54, 1.807) is 12.1 Å². The summed E-state index contributed by atoms with van der Waals surface area (Å²) in [6.45, 7) is 3.33. The maximum atomic E-state index is 11.5. The highest BCUT2D eigenvalue weighted by atomic mass is 16.2. The van der Waals surface area contributed by atoms with Gasteiger partial charge in [-0.3, -0.25) is 9.59 Å². The van der Waals surface area contributed by atoms with E-state index in [0.717, 1.165) is 11.1 Å². The molecule has 0 N–H and O–H groups in total. The summed E-state index contributed by atoms with van der Waals surface area (Å²) in [6, 6.07) is 15.3. The molecule has 0 aromatic heterocycles. The molecular weight excluding hydrogens is 224 g/mol. The van der Waals surface area contributed by atoms with Gasteiger partial charge in [-0.1, -0.05) is 54.1 Å². The van der Waals surface area contributed by atoms with Crippen LogP contribution in [0.1, 0.15) is 22.8 Å². The molecule has 2 aromatic rings. The first kappa shape index (κ1) is 12.2. The maximum Gasteiger partial charge on any atom is 0.228 e.